The molecule has 1 N–H and O–H groups in total. The first-order valence-corrected chi connectivity index (χ1v) is 9.35. The Morgan fingerprint density at radius 1 is 1.11 bits per heavy atom. The number of anilines is 2. The van der Waals surface area contributed by atoms with Crippen LogP contribution in [0.25, 0.3) is 0 Å². The van der Waals surface area contributed by atoms with E-state index in [1.54, 1.807) is 35.2 Å². The molecule has 2 heterocycles. The van der Waals surface area contributed by atoms with Crippen LogP contribution >= 0.6 is 11.6 Å². The molecule has 6 heteroatoms. The molecular formula is C22H18ClN3O2. The summed E-state index contributed by atoms with van der Waals surface area (Å²) in [4.78, 5) is 31.6. The van der Waals surface area contributed by atoms with Gasteiger partial charge in [-0.3, -0.25) is 14.6 Å². The Bertz CT molecular complexity index is 1070. The largest absolute Gasteiger partial charge is 0.321 e. The number of nitrogens with zero attached hydrogens (tertiary/aromatic N) is 2. The number of aromatic nitrogens is 1. The van der Waals surface area contributed by atoms with Gasteiger partial charge in [-0.15, -0.1) is 0 Å². The predicted molar refractivity (Wildman–Crippen MR) is 110 cm³/mol. The van der Waals surface area contributed by atoms with Crippen LogP contribution in [0.5, 0.6) is 0 Å². The molecular weight excluding hydrogens is 374 g/mol. The van der Waals surface area contributed by atoms with E-state index in [2.05, 4.69) is 10.3 Å². The average molecular weight is 392 g/mol. The van der Waals surface area contributed by atoms with Gasteiger partial charge in [0.2, 0.25) is 0 Å². The van der Waals surface area contributed by atoms with Gasteiger partial charge in [-0.1, -0.05) is 35.9 Å². The molecule has 1 aliphatic heterocycles. The van der Waals surface area contributed by atoms with Gasteiger partial charge in [0.25, 0.3) is 11.8 Å². The molecule has 3 aromatic rings. The van der Waals surface area contributed by atoms with Crippen LogP contribution in [0.4, 0.5) is 11.4 Å². The van der Waals surface area contributed by atoms with Crippen molar-refractivity contribution in [1.29, 1.82) is 0 Å². The van der Waals surface area contributed by atoms with Crippen LogP contribution in [-0.4, -0.2) is 22.8 Å². The zero-order valence-electron chi connectivity index (χ0n) is 15.2. The SMILES string of the molecule is CC1Cc2ccccc2N1C(=O)c1ccnc(C(=O)Nc2cccc(Cl)c2)c1. The number of nitrogens with one attached hydrogen (secondary N) is 1. The average Bonchev–Trinajstić information content (AvgIpc) is 3.03. The second kappa shape index (κ2) is 7.44. The number of rotatable bonds is 3. The number of para-hydroxylation sites is 1. The number of benzene rings is 2. The van der Waals surface area contributed by atoms with Crippen LogP contribution in [0.15, 0.2) is 66.9 Å². The van der Waals surface area contributed by atoms with E-state index in [0.717, 1.165) is 17.7 Å². The number of hydrogen-bond donors (Lipinski definition) is 1. The summed E-state index contributed by atoms with van der Waals surface area (Å²) in [7, 11) is 0. The Hall–Kier alpha value is -3.18. The van der Waals surface area contributed by atoms with Crippen LogP contribution in [0.3, 0.4) is 0 Å². The molecule has 0 aliphatic carbocycles. The molecule has 0 bridgehead atoms. The van der Waals surface area contributed by atoms with Gasteiger partial charge in [-0.2, -0.15) is 0 Å². The molecule has 1 atom stereocenters. The van der Waals surface area contributed by atoms with E-state index in [0.29, 0.717) is 16.3 Å². The normalized spacial score (nSPS) is 15.2. The number of fused-ring (bicyclic) bond motifs is 1. The highest BCUT2D eigenvalue weighted by molar-refractivity contribution is 6.31. The number of amides is 2. The number of halogens is 1. The van der Waals surface area contributed by atoms with E-state index in [9.17, 15) is 9.59 Å². The molecule has 0 spiro atoms. The summed E-state index contributed by atoms with van der Waals surface area (Å²) < 4.78 is 0. The lowest BCUT2D eigenvalue weighted by atomic mass is 10.1. The Morgan fingerprint density at radius 2 is 1.93 bits per heavy atom. The first kappa shape index (κ1) is 18.2. The molecule has 5 nitrogen and oxygen atoms in total. The van der Waals surface area contributed by atoms with Crippen molar-refractivity contribution >= 4 is 34.8 Å². The van der Waals surface area contributed by atoms with Crippen LogP contribution in [0, 0.1) is 0 Å². The second-order valence-electron chi connectivity index (χ2n) is 6.75. The third-order valence-electron chi connectivity index (χ3n) is 4.75. The molecule has 1 aliphatic rings. The first-order valence-electron chi connectivity index (χ1n) is 8.97. The molecule has 4 rings (SSSR count). The fourth-order valence-electron chi connectivity index (χ4n) is 3.46. The van der Waals surface area contributed by atoms with Gasteiger partial charge in [-0.05, 0) is 55.3 Å². The van der Waals surface area contributed by atoms with Crippen LogP contribution in [0.2, 0.25) is 5.02 Å². The van der Waals surface area contributed by atoms with Crippen molar-refractivity contribution in [2.24, 2.45) is 0 Å². The summed E-state index contributed by atoms with van der Waals surface area (Å²) in [6.45, 7) is 2.02. The molecule has 1 unspecified atom stereocenters. The topological polar surface area (TPSA) is 62.3 Å². The number of pyridine rings is 1. The van der Waals surface area contributed by atoms with Crippen molar-refractivity contribution < 1.29 is 9.59 Å². The minimum Gasteiger partial charge on any atom is -0.321 e. The maximum Gasteiger partial charge on any atom is 0.274 e. The summed E-state index contributed by atoms with van der Waals surface area (Å²) in [6, 6.07) is 18.0. The van der Waals surface area contributed by atoms with Crippen molar-refractivity contribution in [1.82, 2.24) is 4.98 Å². The van der Waals surface area contributed by atoms with Crippen molar-refractivity contribution in [3.63, 3.8) is 0 Å². The Kier molecular flexibility index (Phi) is 4.84. The number of carbonyl (C=O) groups is 2. The van der Waals surface area contributed by atoms with Gasteiger partial charge < -0.3 is 10.2 Å². The van der Waals surface area contributed by atoms with Crippen LogP contribution in [0.1, 0.15) is 33.3 Å². The maximum absolute atomic E-state index is 13.1. The van der Waals surface area contributed by atoms with Gasteiger partial charge in [0.1, 0.15) is 5.69 Å². The van der Waals surface area contributed by atoms with Gasteiger partial charge in [0, 0.05) is 34.2 Å². The second-order valence-corrected chi connectivity index (χ2v) is 7.19. The fraction of sp³-hybridized carbons (Fsp3) is 0.136. The van der Waals surface area contributed by atoms with Crippen LogP contribution in [-0.2, 0) is 6.42 Å². The lowest BCUT2D eigenvalue weighted by molar-refractivity contribution is 0.0981. The minimum absolute atomic E-state index is 0.0572. The molecule has 2 amide bonds. The monoisotopic (exact) mass is 391 g/mol. The Labute approximate surface area is 168 Å². The summed E-state index contributed by atoms with van der Waals surface area (Å²) in [6.07, 6.45) is 2.29. The van der Waals surface area contributed by atoms with E-state index in [-0.39, 0.29) is 17.6 Å². The van der Waals surface area contributed by atoms with Crippen molar-refractivity contribution in [3.05, 3.63) is 88.7 Å². The van der Waals surface area contributed by atoms with Crippen molar-refractivity contribution in [2.45, 2.75) is 19.4 Å². The first-order chi connectivity index (χ1) is 13.5. The molecule has 28 heavy (non-hydrogen) atoms. The van der Waals surface area contributed by atoms with E-state index in [4.69, 9.17) is 11.6 Å². The minimum atomic E-state index is -0.396. The highest BCUT2D eigenvalue weighted by Crippen LogP contribution is 2.33. The highest BCUT2D eigenvalue weighted by atomic mass is 35.5. The van der Waals surface area contributed by atoms with Crippen LogP contribution < -0.4 is 10.2 Å². The standard InChI is InChI=1S/C22H18ClN3O2/c1-14-11-15-5-2-3-8-20(15)26(14)22(28)16-9-10-24-19(12-16)21(27)25-18-7-4-6-17(23)13-18/h2-10,12-14H,11H2,1H3,(H,25,27). The molecule has 0 radical (unpaired) electrons. The predicted octanol–water partition coefficient (Wildman–Crippen LogP) is 4.58. The fourth-order valence-corrected chi connectivity index (χ4v) is 3.65. The Morgan fingerprint density at radius 3 is 2.75 bits per heavy atom. The van der Waals surface area contributed by atoms with E-state index in [1.807, 2.05) is 31.2 Å². The molecule has 2 aromatic carbocycles. The molecule has 0 saturated carbocycles. The van der Waals surface area contributed by atoms with Crippen molar-refractivity contribution in [3.8, 4) is 0 Å². The number of carbonyl (C=O) groups excluding carboxylic acids is 2. The summed E-state index contributed by atoms with van der Waals surface area (Å²) >= 11 is 5.95. The third kappa shape index (κ3) is 3.49. The third-order valence-corrected chi connectivity index (χ3v) is 4.98. The van der Waals surface area contributed by atoms with E-state index >= 15 is 0 Å². The van der Waals surface area contributed by atoms with Gasteiger partial charge in [-0.25, -0.2) is 0 Å². The highest BCUT2D eigenvalue weighted by Gasteiger charge is 2.31. The molecule has 1 aromatic heterocycles. The van der Waals surface area contributed by atoms with Gasteiger partial charge >= 0.3 is 0 Å². The quantitative estimate of drug-likeness (QED) is 0.710. The van der Waals surface area contributed by atoms with Gasteiger partial charge in [0.15, 0.2) is 0 Å². The molecule has 140 valence electrons. The zero-order chi connectivity index (χ0) is 19.7. The van der Waals surface area contributed by atoms with E-state index in [1.165, 1.54) is 12.3 Å². The summed E-state index contributed by atoms with van der Waals surface area (Å²) in [5.41, 5.74) is 3.23. The van der Waals surface area contributed by atoms with Gasteiger partial charge in [0.05, 0.1) is 0 Å². The summed E-state index contributed by atoms with van der Waals surface area (Å²) in [5, 5.41) is 3.27. The zero-order valence-corrected chi connectivity index (χ0v) is 16.0. The van der Waals surface area contributed by atoms with E-state index < -0.39 is 5.91 Å². The smallest absolute Gasteiger partial charge is 0.274 e. The summed E-state index contributed by atoms with van der Waals surface area (Å²) in [5.74, 6) is -0.538. The Balaban J connectivity index is 1.58. The lowest BCUT2D eigenvalue weighted by Gasteiger charge is -2.23. The molecule has 0 fully saturated rings. The molecule has 0 saturated heterocycles. The lowest BCUT2D eigenvalue weighted by Crippen LogP contribution is -2.35. The number of hydrogen-bond acceptors (Lipinski definition) is 3. The maximum atomic E-state index is 13.1. The van der Waals surface area contributed by atoms with Crippen molar-refractivity contribution in [2.75, 3.05) is 10.2 Å².